The standard InChI is InChI=1S/C25H20ClNO4/c26-14-7-5-13(6-8-14)20(28)12-31-21-4-2-1-3-19(21)27-24(29)22-15-9-10-16(18-11-17(15)18)23(22)25(27)30/h1-10,15-18,22-23H,11-12H2/t15-,16-,17-,18-,22+,23+/m1/s1. The van der Waals surface area contributed by atoms with Crippen LogP contribution >= 0.6 is 11.6 Å². The Morgan fingerprint density at radius 1 is 0.935 bits per heavy atom. The molecule has 156 valence electrons. The highest BCUT2D eigenvalue weighted by atomic mass is 35.5. The van der Waals surface area contributed by atoms with Crippen molar-refractivity contribution in [3.63, 3.8) is 0 Å². The van der Waals surface area contributed by atoms with E-state index in [0.717, 1.165) is 6.42 Å². The van der Waals surface area contributed by atoms with Gasteiger partial charge in [0, 0.05) is 10.6 Å². The first-order valence-electron chi connectivity index (χ1n) is 10.6. The van der Waals surface area contributed by atoms with E-state index in [-0.39, 0.29) is 47.9 Å². The van der Waals surface area contributed by atoms with Gasteiger partial charge in [0.15, 0.2) is 12.4 Å². The van der Waals surface area contributed by atoms with Gasteiger partial charge >= 0.3 is 0 Å². The average molecular weight is 434 g/mol. The number of benzene rings is 2. The molecule has 7 rings (SSSR count). The number of rotatable bonds is 5. The minimum atomic E-state index is -0.269. The van der Waals surface area contributed by atoms with Crippen molar-refractivity contribution < 1.29 is 19.1 Å². The molecule has 2 bridgehead atoms. The quantitative estimate of drug-likeness (QED) is 0.403. The van der Waals surface area contributed by atoms with Crippen molar-refractivity contribution >= 4 is 34.9 Å². The van der Waals surface area contributed by atoms with Gasteiger partial charge in [-0.1, -0.05) is 35.9 Å². The number of hydrogen-bond acceptors (Lipinski definition) is 4. The van der Waals surface area contributed by atoms with E-state index < -0.39 is 0 Å². The molecule has 4 aliphatic carbocycles. The van der Waals surface area contributed by atoms with Crippen molar-refractivity contribution in [2.45, 2.75) is 6.42 Å². The van der Waals surface area contributed by atoms with Gasteiger partial charge in [-0.05, 0) is 66.5 Å². The largest absolute Gasteiger partial charge is 0.483 e. The molecule has 0 radical (unpaired) electrons. The molecule has 2 amide bonds. The fourth-order valence-electron chi connectivity index (χ4n) is 5.82. The topological polar surface area (TPSA) is 63.7 Å². The fraction of sp³-hybridized carbons (Fsp3) is 0.320. The monoisotopic (exact) mass is 433 g/mol. The number of halogens is 1. The Hall–Kier alpha value is -2.92. The SMILES string of the molecule is O=C(COc1ccccc1N1C(=O)[C@H]2[C@@H]3C=C[C@H]([C@H]4C[C@H]34)[C@@H]2C1=O)c1ccc(Cl)cc1. The number of hydrogen-bond donors (Lipinski definition) is 0. The van der Waals surface area contributed by atoms with Gasteiger partial charge in [-0.3, -0.25) is 14.4 Å². The van der Waals surface area contributed by atoms with Gasteiger partial charge in [0.05, 0.1) is 17.5 Å². The Balaban J connectivity index is 1.26. The molecular weight excluding hydrogens is 414 g/mol. The van der Waals surface area contributed by atoms with E-state index in [4.69, 9.17) is 16.3 Å². The second-order valence-electron chi connectivity index (χ2n) is 8.85. The van der Waals surface area contributed by atoms with Crippen LogP contribution in [0.4, 0.5) is 5.69 Å². The number of ketones is 1. The number of Topliss-reactive ketones (excluding diaryl/α,β-unsaturated/α-hetero) is 1. The number of anilines is 1. The van der Waals surface area contributed by atoms with Gasteiger partial charge in [-0.25, -0.2) is 4.90 Å². The van der Waals surface area contributed by atoms with E-state index in [1.807, 2.05) is 0 Å². The van der Waals surface area contributed by atoms with Crippen molar-refractivity contribution in [2.24, 2.45) is 35.5 Å². The molecule has 5 nitrogen and oxygen atoms in total. The summed E-state index contributed by atoms with van der Waals surface area (Å²) in [5.74, 6) is 0.775. The van der Waals surface area contributed by atoms with E-state index in [1.165, 1.54) is 4.90 Å². The summed E-state index contributed by atoms with van der Waals surface area (Å²) in [7, 11) is 0. The predicted molar refractivity (Wildman–Crippen MR) is 115 cm³/mol. The van der Waals surface area contributed by atoms with Crippen LogP contribution in [-0.4, -0.2) is 24.2 Å². The number of ether oxygens (including phenoxy) is 1. The van der Waals surface area contributed by atoms with Gasteiger partial charge in [0.25, 0.3) is 0 Å². The van der Waals surface area contributed by atoms with E-state index in [9.17, 15) is 14.4 Å². The molecule has 2 aromatic carbocycles. The van der Waals surface area contributed by atoms with Gasteiger partial charge in [-0.15, -0.1) is 0 Å². The molecular formula is C25H20ClNO4. The van der Waals surface area contributed by atoms with Crippen LogP contribution in [0.1, 0.15) is 16.8 Å². The third-order valence-electron chi connectivity index (χ3n) is 7.29. The summed E-state index contributed by atoms with van der Waals surface area (Å²) >= 11 is 5.88. The van der Waals surface area contributed by atoms with Crippen LogP contribution in [-0.2, 0) is 9.59 Å². The number of para-hydroxylation sites is 2. The maximum atomic E-state index is 13.4. The highest BCUT2D eigenvalue weighted by Gasteiger charge is 2.67. The second kappa shape index (κ2) is 6.79. The molecule has 6 heteroatoms. The molecule has 0 aromatic heterocycles. The Bertz CT molecular complexity index is 1100. The van der Waals surface area contributed by atoms with Crippen molar-refractivity contribution in [2.75, 3.05) is 11.5 Å². The number of imide groups is 1. The molecule has 1 heterocycles. The fourth-order valence-corrected chi connectivity index (χ4v) is 5.95. The van der Waals surface area contributed by atoms with Gasteiger partial charge in [-0.2, -0.15) is 0 Å². The zero-order chi connectivity index (χ0) is 21.3. The third-order valence-corrected chi connectivity index (χ3v) is 7.55. The first-order chi connectivity index (χ1) is 15.0. The Kier molecular flexibility index (Phi) is 4.12. The summed E-state index contributed by atoms with van der Waals surface area (Å²) in [6.07, 6.45) is 5.44. The van der Waals surface area contributed by atoms with Crippen molar-refractivity contribution in [3.8, 4) is 5.75 Å². The zero-order valence-corrected chi connectivity index (χ0v) is 17.4. The molecule has 0 N–H and O–H groups in total. The summed E-state index contributed by atoms with van der Waals surface area (Å²) in [5, 5.41) is 0.552. The molecule has 31 heavy (non-hydrogen) atoms. The summed E-state index contributed by atoms with van der Waals surface area (Å²) in [6.45, 7) is -0.196. The highest BCUT2D eigenvalue weighted by molar-refractivity contribution is 6.30. The second-order valence-corrected chi connectivity index (χ2v) is 9.29. The first kappa shape index (κ1) is 18.8. The molecule has 0 spiro atoms. The maximum Gasteiger partial charge on any atom is 0.238 e. The molecule has 0 unspecified atom stereocenters. The van der Waals surface area contributed by atoms with Crippen molar-refractivity contribution in [1.29, 1.82) is 0 Å². The lowest BCUT2D eigenvalue weighted by molar-refractivity contribution is -0.124. The lowest BCUT2D eigenvalue weighted by Crippen LogP contribution is -2.40. The number of carbonyl (C=O) groups excluding carboxylic acids is 3. The minimum absolute atomic E-state index is 0.139. The van der Waals surface area contributed by atoms with E-state index >= 15 is 0 Å². The minimum Gasteiger partial charge on any atom is -0.483 e. The summed E-state index contributed by atoms with van der Waals surface area (Å²) in [6, 6.07) is 13.5. The Labute approximate surface area is 184 Å². The Morgan fingerprint density at radius 3 is 2.19 bits per heavy atom. The van der Waals surface area contributed by atoms with Crippen molar-refractivity contribution in [3.05, 3.63) is 71.3 Å². The van der Waals surface area contributed by atoms with Crippen LogP contribution in [0.5, 0.6) is 5.75 Å². The molecule has 1 saturated heterocycles. The van der Waals surface area contributed by atoms with Crippen molar-refractivity contribution in [1.82, 2.24) is 0 Å². The number of carbonyl (C=O) groups is 3. The maximum absolute atomic E-state index is 13.4. The summed E-state index contributed by atoms with van der Waals surface area (Å²) < 4.78 is 5.80. The predicted octanol–water partition coefficient (Wildman–Crippen LogP) is 4.16. The van der Waals surface area contributed by atoms with E-state index in [0.29, 0.717) is 33.9 Å². The van der Waals surface area contributed by atoms with Gasteiger partial charge < -0.3 is 4.74 Å². The molecule has 2 aromatic rings. The molecule has 3 fully saturated rings. The third kappa shape index (κ3) is 2.79. The van der Waals surface area contributed by atoms with Crippen LogP contribution in [0.15, 0.2) is 60.7 Å². The number of allylic oxidation sites excluding steroid dienone is 2. The molecule has 2 saturated carbocycles. The highest BCUT2D eigenvalue weighted by Crippen LogP contribution is 2.65. The van der Waals surface area contributed by atoms with Crippen LogP contribution < -0.4 is 9.64 Å². The van der Waals surface area contributed by atoms with Gasteiger partial charge in [0.1, 0.15) is 5.75 Å². The number of amides is 2. The van der Waals surface area contributed by atoms with Crippen LogP contribution in [0, 0.1) is 35.5 Å². The van der Waals surface area contributed by atoms with Crippen LogP contribution in [0.2, 0.25) is 5.02 Å². The molecule has 1 aliphatic heterocycles. The molecule has 5 aliphatic rings. The zero-order valence-electron chi connectivity index (χ0n) is 16.6. The lowest BCUT2D eigenvalue weighted by atomic mass is 9.63. The van der Waals surface area contributed by atoms with Crippen LogP contribution in [0.25, 0.3) is 0 Å². The molecule has 6 atom stereocenters. The first-order valence-corrected chi connectivity index (χ1v) is 11.0. The summed E-state index contributed by atoms with van der Waals surface area (Å²) in [5.41, 5.74) is 0.909. The Morgan fingerprint density at radius 2 is 1.55 bits per heavy atom. The normalized spacial score (nSPS) is 32.1. The summed E-state index contributed by atoms with van der Waals surface area (Å²) in [4.78, 5) is 40.6. The van der Waals surface area contributed by atoms with E-state index in [1.54, 1.807) is 48.5 Å². The van der Waals surface area contributed by atoms with Crippen LogP contribution in [0.3, 0.4) is 0 Å². The van der Waals surface area contributed by atoms with E-state index in [2.05, 4.69) is 12.2 Å². The smallest absolute Gasteiger partial charge is 0.238 e. The number of nitrogens with zero attached hydrogens (tertiary/aromatic N) is 1. The lowest BCUT2D eigenvalue weighted by Gasteiger charge is -2.37. The van der Waals surface area contributed by atoms with Gasteiger partial charge in [0.2, 0.25) is 11.8 Å². The average Bonchev–Trinajstić information content (AvgIpc) is 3.56.